The molecule has 0 spiro atoms. The highest BCUT2D eigenvalue weighted by Gasteiger charge is 2.05. The number of aromatic amines is 1. The number of nitrogens with one attached hydrogen (secondary N) is 2. The van der Waals surface area contributed by atoms with Crippen LogP contribution in [-0.2, 0) is 0 Å². The Morgan fingerprint density at radius 3 is 3.00 bits per heavy atom. The van der Waals surface area contributed by atoms with Crippen LogP contribution < -0.4 is 5.32 Å². The van der Waals surface area contributed by atoms with Crippen LogP contribution in [-0.4, -0.2) is 21.2 Å². The fourth-order valence-electron chi connectivity index (χ4n) is 1.34. The summed E-state index contributed by atoms with van der Waals surface area (Å²) >= 11 is 0. The highest BCUT2D eigenvalue weighted by Crippen LogP contribution is 2.17. The minimum absolute atomic E-state index is 0.252. The maximum atomic E-state index is 10.4. The van der Waals surface area contributed by atoms with Crippen LogP contribution in [0.1, 0.15) is 5.56 Å². The molecular formula is C9H9N3O2. The number of H-pyrrole nitrogens is 1. The minimum Gasteiger partial charge on any atom is -0.465 e. The lowest BCUT2D eigenvalue weighted by Gasteiger charge is -1.91. The molecule has 72 valence electrons. The van der Waals surface area contributed by atoms with Crippen molar-refractivity contribution in [3.05, 3.63) is 23.8 Å². The summed E-state index contributed by atoms with van der Waals surface area (Å²) in [4.78, 5) is 17.3. The Bertz CT molecular complexity index is 490. The molecule has 0 atom stereocenters. The van der Waals surface area contributed by atoms with Gasteiger partial charge >= 0.3 is 6.09 Å². The molecular weight excluding hydrogens is 182 g/mol. The second-order valence-electron chi connectivity index (χ2n) is 2.99. The van der Waals surface area contributed by atoms with Gasteiger partial charge in [0, 0.05) is 0 Å². The first-order valence-corrected chi connectivity index (χ1v) is 4.12. The van der Waals surface area contributed by atoms with Crippen molar-refractivity contribution in [2.24, 2.45) is 0 Å². The lowest BCUT2D eigenvalue weighted by molar-refractivity contribution is 0.209. The SMILES string of the molecule is Cc1cccc2[nH]c(NC(=O)O)nc12. The number of hydrogen-bond acceptors (Lipinski definition) is 2. The van der Waals surface area contributed by atoms with E-state index in [-0.39, 0.29) is 5.95 Å². The van der Waals surface area contributed by atoms with Gasteiger partial charge in [0.15, 0.2) is 0 Å². The molecule has 0 bridgehead atoms. The van der Waals surface area contributed by atoms with Gasteiger partial charge in [-0.25, -0.2) is 9.78 Å². The van der Waals surface area contributed by atoms with E-state index in [9.17, 15) is 4.79 Å². The molecule has 0 radical (unpaired) electrons. The van der Waals surface area contributed by atoms with Gasteiger partial charge in [-0.3, -0.25) is 5.32 Å². The molecule has 0 saturated heterocycles. The van der Waals surface area contributed by atoms with Gasteiger partial charge in [-0.2, -0.15) is 0 Å². The zero-order chi connectivity index (χ0) is 10.1. The summed E-state index contributed by atoms with van der Waals surface area (Å²) in [5, 5.41) is 10.7. The molecule has 14 heavy (non-hydrogen) atoms. The molecule has 2 rings (SSSR count). The van der Waals surface area contributed by atoms with E-state index in [4.69, 9.17) is 5.11 Å². The average molecular weight is 191 g/mol. The van der Waals surface area contributed by atoms with E-state index in [1.807, 2.05) is 25.1 Å². The largest absolute Gasteiger partial charge is 0.465 e. The predicted molar refractivity (Wildman–Crippen MR) is 52.5 cm³/mol. The highest BCUT2D eigenvalue weighted by atomic mass is 16.4. The van der Waals surface area contributed by atoms with Crippen LogP contribution in [0.3, 0.4) is 0 Å². The first-order chi connectivity index (χ1) is 6.66. The van der Waals surface area contributed by atoms with Gasteiger partial charge in [0.05, 0.1) is 11.0 Å². The number of carbonyl (C=O) groups is 1. The van der Waals surface area contributed by atoms with Gasteiger partial charge in [-0.1, -0.05) is 12.1 Å². The van der Waals surface area contributed by atoms with E-state index in [0.717, 1.165) is 16.6 Å². The van der Waals surface area contributed by atoms with Crippen LogP contribution in [0.25, 0.3) is 11.0 Å². The van der Waals surface area contributed by atoms with Crippen LogP contribution in [0.4, 0.5) is 10.7 Å². The van der Waals surface area contributed by atoms with E-state index in [1.165, 1.54) is 0 Å². The van der Waals surface area contributed by atoms with E-state index >= 15 is 0 Å². The van der Waals surface area contributed by atoms with Crippen LogP contribution in [0.2, 0.25) is 0 Å². The van der Waals surface area contributed by atoms with Crippen molar-refractivity contribution in [2.45, 2.75) is 6.92 Å². The van der Waals surface area contributed by atoms with Crippen molar-refractivity contribution < 1.29 is 9.90 Å². The standard InChI is InChI=1S/C9H9N3O2/c1-5-3-2-4-6-7(5)11-8(10-6)12-9(13)14/h2-4H,1H3,(H,13,14)(H2,10,11,12). The smallest absolute Gasteiger partial charge is 0.411 e. The van der Waals surface area contributed by atoms with Gasteiger partial charge in [0.2, 0.25) is 5.95 Å². The number of rotatable bonds is 1. The highest BCUT2D eigenvalue weighted by molar-refractivity contribution is 5.86. The zero-order valence-corrected chi connectivity index (χ0v) is 7.53. The first kappa shape index (κ1) is 8.55. The molecule has 1 aromatic carbocycles. The second-order valence-corrected chi connectivity index (χ2v) is 2.99. The summed E-state index contributed by atoms with van der Waals surface area (Å²) in [7, 11) is 0. The monoisotopic (exact) mass is 191 g/mol. The fraction of sp³-hybridized carbons (Fsp3) is 0.111. The van der Waals surface area contributed by atoms with Crippen molar-refractivity contribution in [1.29, 1.82) is 0 Å². The van der Waals surface area contributed by atoms with E-state index in [1.54, 1.807) is 0 Å². The summed E-state index contributed by atoms with van der Waals surface area (Å²) < 4.78 is 0. The Morgan fingerprint density at radius 1 is 1.57 bits per heavy atom. The number of amides is 1. The van der Waals surface area contributed by atoms with Crippen LogP contribution in [0.5, 0.6) is 0 Å². The van der Waals surface area contributed by atoms with E-state index in [2.05, 4.69) is 15.3 Å². The molecule has 0 unspecified atom stereocenters. The number of carboxylic acid groups (broad SMARTS) is 1. The van der Waals surface area contributed by atoms with E-state index in [0.29, 0.717) is 0 Å². The molecule has 0 fully saturated rings. The number of para-hydroxylation sites is 1. The molecule has 5 nitrogen and oxygen atoms in total. The van der Waals surface area contributed by atoms with Gasteiger partial charge in [0.25, 0.3) is 0 Å². The Labute approximate surface area is 79.8 Å². The number of anilines is 1. The topological polar surface area (TPSA) is 78.0 Å². The lowest BCUT2D eigenvalue weighted by atomic mass is 10.2. The predicted octanol–water partition coefficient (Wildman–Crippen LogP) is 1.96. The molecule has 1 heterocycles. The quantitative estimate of drug-likeness (QED) is 0.644. The molecule has 0 aliphatic carbocycles. The summed E-state index contributed by atoms with van der Waals surface area (Å²) in [6.07, 6.45) is -1.12. The van der Waals surface area contributed by atoms with Crippen molar-refractivity contribution in [2.75, 3.05) is 5.32 Å². The first-order valence-electron chi connectivity index (χ1n) is 4.12. The van der Waals surface area contributed by atoms with Crippen LogP contribution in [0, 0.1) is 6.92 Å². The number of imidazole rings is 1. The summed E-state index contributed by atoms with van der Waals surface area (Å²) in [6.45, 7) is 1.92. The molecule has 0 aliphatic rings. The molecule has 1 aromatic heterocycles. The third kappa shape index (κ3) is 1.39. The Balaban J connectivity index is 2.51. The zero-order valence-electron chi connectivity index (χ0n) is 7.53. The van der Waals surface area contributed by atoms with Crippen LogP contribution in [0.15, 0.2) is 18.2 Å². The normalized spacial score (nSPS) is 10.4. The molecule has 0 aliphatic heterocycles. The summed E-state index contributed by atoms with van der Waals surface area (Å²) in [5.74, 6) is 0.252. The fourth-order valence-corrected chi connectivity index (χ4v) is 1.34. The van der Waals surface area contributed by atoms with Gasteiger partial charge in [-0.15, -0.1) is 0 Å². The average Bonchev–Trinajstić information content (AvgIpc) is 2.47. The summed E-state index contributed by atoms with van der Waals surface area (Å²) in [6, 6.07) is 5.66. The maximum Gasteiger partial charge on any atom is 0.411 e. The van der Waals surface area contributed by atoms with Gasteiger partial charge in [0.1, 0.15) is 0 Å². The maximum absolute atomic E-state index is 10.4. The molecule has 0 saturated carbocycles. The molecule has 3 N–H and O–H groups in total. The Hall–Kier alpha value is -2.04. The van der Waals surface area contributed by atoms with Crippen molar-refractivity contribution in [1.82, 2.24) is 9.97 Å². The third-order valence-electron chi connectivity index (χ3n) is 1.94. The van der Waals surface area contributed by atoms with Crippen LogP contribution >= 0.6 is 0 Å². The number of benzene rings is 1. The van der Waals surface area contributed by atoms with E-state index < -0.39 is 6.09 Å². The van der Waals surface area contributed by atoms with Crippen molar-refractivity contribution in [3.63, 3.8) is 0 Å². The molecule has 1 amide bonds. The Kier molecular flexibility index (Phi) is 1.85. The lowest BCUT2D eigenvalue weighted by Crippen LogP contribution is -2.08. The molecule has 2 aromatic rings. The number of nitrogens with zero attached hydrogens (tertiary/aromatic N) is 1. The van der Waals surface area contributed by atoms with Gasteiger partial charge in [-0.05, 0) is 18.6 Å². The third-order valence-corrected chi connectivity index (χ3v) is 1.94. The summed E-state index contributed by atoms with van der Waals surface area (Å²) in [5.41, 5.74) is 2.63. The number of fused-ring (bicyclic) bond motifs is 1. The minimum atomic E-state index is -1.12. The second kappa shape index (κ2) is 3.02. The number of aryl methyl sites for hydroxylation is 1. The number of aromatic nitrogens is 2. The van der Waals surface area contributed by atoms with Crippen molar-refractivity contribution >= 4 is 23.1 Å². The number of hydrogen-bond donors (Lipinski definition) is 3. The molecule has 5 heteroatoms. The van der Waals surface area contributed by atoms with Gasteiger partial charge < -0.3 is 10.1 Å². The van der Waals surface area contributed by atoms with Crippen molar-refractivity contribution in [3.8, 4) is 0 Å². The Morgan fingerprint density at radius 2 is 2.36 bits per heavy atom.